The summed E-state index contributed by atoms with van der Waals surface area (Å²) in [7, 11) is 0. The van der Waals surface area contributed by atoms with Gasteiger partial charge in [0.1, 0.15) is 5.54 Å². The van der Waals surface area contributed by atoms with Crippen LogP contribution < -0.4 is 5.32 Å². The average molecular weight is 231 g/mol. The zero-order valence-electron chi connectivity index (χ0n) is 11.0. The second-order valence-electron chi connectivity index (χ2n) is 4.78. The van der Waals surface area contributed by atoms with Crippen molar-refractivity contribution in [2.75, 3.05) is 6.61 Å². The second-order valence-corrected chi connectivity index (χ2v) is 4.78. The Morgan fingerprint density at radius 1 is 1.44 bits per heavy atom. The van der Waals surface area contributed by atoms with Crippen molar-refractivity contribution in [2.24, 2.45) is 0 Å². The van der Waals surface area contributed by atoms with Crippen LogP contribution in [0.15, 0.2) is 0 Å². The van der Waals surface area contributed by atoms with E-state index in [1.54, 1.807) is 6.92 Å². The highest BCUT2D eigenvalue weighted by atomic mass is 16.5. The summed E-state index contributed by atoms with van der Waals surface area (Å²) >= 11 is 0. The number of aliphatic carboxylic acids is 1. The molecule has 0 aliphatic rings. The quantitative estimate of drug-likeness (QED) is 0.671. The Labute approximate surface area is 98.4 Å². The van der Waals surface area contributed by atoms with E-state index in [-0.39, 0.29) is 12.1 Å². The molecule has 0 aromatic heterocycles. The molecule has 2 atom stereocenters. The molecule has 4 nitrogen and oxygen atoms in total. The van der Waals surface area contributed by atoms with Crippen LogP contribution in [0.5, 0.6) is 0 Å². The SMILES string of the molecule is CCC(C)OCCC(C)(NC(C)C)C(=O)O. The maximum Gasteiger partial charge on any atom is 0.323 e. The van der Waals surface area contributed by atoms with Gasteiger partial charge in [-0.2, -0.15) is 0 Å². The van der Waals surface area contributed by atoms with E-state index < -0.39 is 11.5 Å². The zero-order valence-corrected chi connectivity index (χ0v) is 11.0. The summed E-state index contributed by atoms with van der Waals surface area (Å²) in [5.74, 6) is -0.825. The van der Waals surface area contributed by atoms with Crippen LogP contribution in [0.25, 0.3) is 0 Å². The van der Waals surface area contributed by atoms with E-state index in [1.807, 2.05) is 27.7 Å². The molecular weight excluding hydrogens is 206 g/mol. The van der Waals surface area contributed by atoms with E-state index in [9.17, 15) is 9.90 Å². The van der Waals surface area contributed by atoms with E-state index in [2.05, 4.69) is 5.32 Å². The number of carbonyl (C=O) groups is 1. The van der Waals surface area contributed by atoms with E-state index >= 15 is 0 Å². The van der Waals surface area contributed by atoms with E-state index in [0.717, 1.165) is 6.42 Å². The van der Waals surface area contributed by atoms with Gasteiger partial charge in [0, 0.05) is 12.6 Å². The molecule has 0 aromatic rings. The normalized spacial score (nSPS) is 17.1. The number of carboxylic acid groups (broad SMARTS) is 1. The van der Waals surface area contributed by atoms with Crippen molar-refractivity contribution < 1.29 is 14.6 Å². The summed E-state index contributed by atoms with van der Waals surface area (Å²) in [5, 5.41) is 12.3. The van der Waals surface area contributed by atoms with Crippen molar-refractivity contribution in [1.29, 1.82) is 0 Å². The summed E-state index contributed by atoms with van der Waals surface area (Å²) in [4.78, 5) is 11.2. The van der Waals surface area contributed by atoms with Crippen molar-refractivity contribution in [3.05, 3.63) is 0 Å². The first-order chi connectivity index (χ1) is 7.31. The Balaban J connectivity index is 4.18. The monoisotopic (exact) mass is 231 g/mol. The third-order valence-electron chi connectivity index (χ3n) is 2.66. The molecule has 0 aliphatic carbocycles. The van der Waals surface area contributed by atoms with Gasteiger partial charge in [0.2, 0.25) is 0 Å². The summed E-state index contributed by atoms with van der Waals surface area (Å²) in [5.41, 5.74) is -0.901. The molecule has 0 radical (unpaired) electrons. The molecule has 0 heterocycles. The predicted octanol–water partition coefficient (Wildman–Crippen LogP) is 2.03. The van der Waals surface area contributed by atoms with Crippen LogP contribution in [0.3, 0.4) is 0 Å². The Morgan fingerprint density at radius 3 is 2.38 bits per heavy atom. The van der Waals surface area contributed by atoms with Crippen molar-refractivity contribution in [3.63, 3.8) is 0 Å². The van der Waals surface area contributed by atoms with Crippen LogP contribution in [0.4, 0.5) is 0 Å². The van der Waals surface area contributed by atoms with Crippen LogP contribution in [0.1, 0.15) is 47.5 Å². The molecule has 0 bridgehead atoms. The molecule has 4 heteroatoms. The molecule has 0 saturated heterocycles. The van der Waals surface area contributed by atoms with Crippen LogP contribution in [-0.4, -0.2) is 35.4 Å². The second kappa shape index (κ2) is 6.86. The lowest BCUT2D eigenvalue weighted by Crippen LogP contribution is -2.53. The Bertz CT molecular complexity index is 218. The minimum atomic E-state index is -0.901. The molecule has 0 fully saturated rings. The highest BCUT2D eigenvalue weighted by molar-refractivity contribution is 5.78. The lowest BCUT2D eigenvalue weighted by Gasteiger charge is -2.29. The average Bonchev–Trinajstić information content (AvgIpc) is 2.16. The standard InChI is InChI=1S/C12H25NO3/c1-6-10(4)16-8-7-12(5,11(14)15)13-9(2)3/h9-10,13H,6-8H2,1-5H3,(H,14,15). The smallest absolute Gasteiger partial charge is 0.323 e. The minimum Gasteiger partial charge on any atom is -0.480 e. The third-order valence-corrected chi connectivity index (χ3v) is 2.66. The highest BCUT2D eigenvalue weighted by Gasteiger charge is 2.33. The number of nitrogens with one attached hydrogen (secondary N) is 1. The number of hydrogen-bond acceptors (Lipinski definition) is 3. The van der Waals surface area contributed by atoms with Gasteiger partial charge in [0.25, 0.3) is 0 Å². The largest absolute Gasteiger partial charge is 0.480 e. The van der Waals surface area contributed by atoms with Gasteiger partial charge in [-0.25, -0.2) is 0 Å². The first-order valence-corrected chi connectivity index (χ1v) is 5.94. The van der Waals surface area contributed by atoms with Gasteiger partial charge in [-0.05, 0) is 40.5 Å². The van der Waals surface area contributed by atoms with Crippen molar-refractivity contribution in [3.8, 4) is 0 Å². The molecule has 2 N–H and O–H groups in total. The molecule has 0 amide bonds. The van der Waals surface area contributed by atoms with E-state index in [4.69, 9.17) is 4.74 Å². The van der Waals surface area contributed by atoms with Crippen molar-refractivity contribution in [1.82, 2.24) is 5.32 Å². The van der Waals surface area contributed by atoms with E-state index in [0.29, 0.717) is 13.0 Å². The van der Waals surface area contributed by atoms with Crippen LogP contribution >= 0.6 is 0 Å². The molecule has 16 heavy (non-hydrogen) atoms. The summed E-state index contributed by atoms with van der Waals surface area (Å²) in [6, 6.07) is 0.143. The highest BCUT2D eigenvalue weighted by Crippen LogP contribution is 2.12. The Morgan fingerprint density at radius 2 is 2.00 bits per heavy atom. The lowest BCUT2D eigenvalue weighted by molar-refractivity contribution is -0.145. The van der Waals surface area contributed by atoms with Gasteiger partial charge in [0.15, 0.2) is 0 Å². The number of ether oxygens (including phenoxy) is 1. The molecular formula is C12H25NO3. The molecule has 2 unspecified atom stereocenters. The minimum absolute atomic E-state index is 0.143. The predicted molar refractivity (Wildman–Crippen MR) is 64.6 cm³/mol. The fraction of sp³-hybridized carbons (Fsp3) is 0.917. The summed E-state index contributed by atoms with van der Waals surface area (Å²) in [6.45, 7) is 10.1. The lowest BCUT2D eigenvalue weighted by atomic mass is 9.97. The van der Waals surface area contributed by atoms with Gasteiger partial charge >= 0.3 is 5.97 Å². The number of rotatable bonds is 8. The number of carboxylic acids is 1. The summed E-state index contributed by atoms with van der Waals surface area (Å²) in [6.07, 6.45) is 1.61. The molecule has 0 saturated carbocycles. The Hall–Kier alpha value is -0.610. The van der Waals surface area contributed by atoms with Crippen LogP contribution in [0, 0.1) is 0 Å². The maximum absolute atomic E-state index is 11.2. The molecule has 0 rings (SSSR count). The number of hydrogen-bond donors (Lipinski definition) is 2. The third kappa shape index (κ3) is 5.47. The molecule has 0 aromatic carbocycles. The topological polar surface area (TPSA) is 58.6 Å². The maximum atomic E-state index is 11.2. The van der Waals surface area contributed by atoms with Crippen molar-refractivity contribution >= 4 is 5.97 Å². The van der Waals surface area contributed by atoms with E-state index in [1.165, 1.54) is 0 Å². The van der Waals surface area contributed by atoms with Crippen LogP contribution in [0.2, 0.25) is 0 Å². The summed E-state index contributed by atoms with van der Waals surface area (Å²) < 4.78 is 5.52. The zero-order chi connectivity index (χ0) is 12.8. The molecule has 0 spiro atoms. The fourth-order valence-electron chi connectivity index (χ4n) is 1.46. The van der Waals surface area contributed by atoms with Gasteiger partial charge in [-0.15, -0.1) is 0 Å². The van der Waals surface area contributed by atoms with Gasteiger partial charge in [-0.1, -0.05) is 6.92 Å². The molecule has 96 valence electrons. The molecule has 0 aliphatic heterocycles. The van der Waals surface area contributed by atoms with Gasteiger partial charge in [0.05, 0.1) is 6.10 Å². The first kappa shape index (κ1) is 15.4. The van der Waals surface area contributed by atoms with Crippen LogP contribution in [-0.2, 0) is 9.53 Å². The Kier molecular flexibility index (Phi) is 6.60. The fourth-order valence-corrected chi connectivity index (χ4v) is 1.46. The van der Waals surface area contributed by atoms with Gasteiger partial charge in [-0.3, -0.25) is 10.1 Å². The first-order valence-electron chi connectivity index (χ1n) is 5.94. The van der Waals surface area contributed by atoms with Crippen molar-refractivity contribution in [2.45, 2.75) is 65.1 Å². The van der Waals surface area contributed by atoms with Gasteiger partial charge < -0.3 is 9.84 Å².